The first kappa shape index (κ1) is 13.0. The fraction of sp³-hybridized carbons (Fsp3) is 0.333. The SMILES string of the molecule is COC(=O)c1cc(CCC=O)c(O)c(OC)c1. The first-order chi connectivity index (χ1) is 8.13. The van der Waals surface area contributed by atoms with Gasteiger partial charge in [0.05, 0.1) is 19.8 Å². The van der Waals surface area contributed by atoms with Crippen LogP contribution in [0.15, 0.2) is 12.1 Å². The van der Waals surface area contributed by atoms with Crippen LogP contribution in [0, 0.1) is 0 Å². The molecular formula is C12H14O5. The molecule has 0 heterocycles. The van der Waals surface area contributed by atoms with Crippen LogP contribution in [0.4, 0.5) is 0 Å². The number of benzene rings is 1. The molecule has 0 saturated carbocycles. The molecule has 1 rings (SSSR count). The Morgan fingerprint density at radius 2 is 2.12 bits per heavy atom. The van der Waals surface area contributed by atoms with Crippen molar-refractivity contribution in [1.82, 2.24) is 0 Å². The van der Waals surface area contributed by atoms with Crippen LogP contribution in [0.2, 0.25) is 0 Å². The minimum Gasteiger partial charge on any atom is -0.504 e. The fourth-order valence-electron chi connectivity index (χ4n) is 1.46. The molecule has 0 aromatic heterocycles. The van der Waals surface area contributed by atoms with E-state index in [0.29, 0.717) is 12.0 Å². The third-order valence-electron chi connectivity index (χ3n) is 2.33. The highest BCUT2D eigenvalue weighted by atomic mass is 16.5. The first-order valence-corrected chi connectivity index (χ1v) is 5.05. The highest BCUT2D eigenvalue weighted by Gasteiger charge is 2.14. The van der Waals surface area contributed by atoms with Gasteiger partial charge in [-0.05, 0) is 24.1 Å². The van der Waals surface area contributed by atoms with Gasteiger partial charge in [-0.1, -0.05) is 0 Å². The second-order valence-corrected chi connectivity index (χ2v) is 3.38. The summed E-state index contributed by atoms with van der Waals surface area (Å²) in [6, 6.07) is 2.89. The molecule has 5 nitrogen and oxygen atoms in total. The van der Waals surface area contributed by atoms with Crippen LogP contribution < -0.4 is 4.74 Å². The number of esters is 1. The largest absolute Gasteiger partial charge is 0.504 e. The highest BCUT2D eigenvalue weighted by Crippen LogP contribution is 2.32. The standard InChI is InChI=1S/C12H14O5/c1-16-10-7-9(12(15)17-2)6-8(11(10)14)4-3-5-13/h5-7,14H,3-4H2,1-2H3. The van der Waals surface area contributed by atoms with E-state index in [9.17, 15) is 14.7 Å². The van der Waals surface area contributed by atoms with Gasteiger partial charge in [-0.15, -0.1) is 0 Å². The highest BCUT2D eigenvalue weighted by molar-refractivity contribution is 5.90. The number of aldehydes is 1. The Labute approximate surface area is 99.0 Å². The minimum absolute atomic E-state index is 0.0537. The molecule has 0 spiro atoms. The van der Waals surface area contributed by atoms with Gasteiger partial charge in [0.2, 0.25) is 0 Å². The number of rotatable bonds is 5. The van der Waals surface area contributed by atoms with E-state index < -0.39 is 5.97 Å². The summed E-state index contributed by atoms with van der Waals surface area (Å²) in [7, 11) is 2.66. The minimum atomic E-state index is -0.518. The van der Waals surface area contributed by atoms with E-state index in [1.807, 2.05) is 0 Å². The number of aryl methyl sites for hydroxylation is 1. The number of carbonyl (C=O) groups is 2. The van der Waals surface area contributed by atoms with E-state index in [4.69, 9.17) is 4.74 Å². The molecule has 1 aromatic carbocycles. The molecule has 0 aliphatic heterocycles. The van der Waals surface area contributed by atoms with Gasteiger partial charge in [-0.2, -0.15) is 0 Å². The quantitative estimate of drug-likeness (QED) is 0.618. The van der Waals surface area contributed by atoms with E-state index in [-0.39, 0.29) is 23.5 Å². The molecule has 0 aliphatic carbocycles. The summed E-state index contributed by atoms with van der Waals surface area (Å²) in [5.41, 5.74) is 0.764. The van der Waals surface area contributed by atoms with E-state index in [0.717, 1.165) is 6.29 Å². The first-order valence-electron chi connectivity index (χ1n) is 5.05. The van der Waals surface area contributed by atoms with Crippen molar-refractivity contribution in [3.63, 3.8) is 0 Å². The maximum Gasteiger partial charge on any atom is 0.337 e. The third kappa shape index (κ3) is 2.96. The number of hydrogen-bond donors (Lipinski definition) is 1. The van der Waals surface area contributed by atoms with Gasteiger partial charge in [0.1, 0.15) is 6.29 Å². The van der Waals surface area contributed by atoms with Crippen molar-refractivity contribution in [3.05, 3.63) is 23.3 Å². The number of aromatic hydroxyl groups is 1. The van der Waals surface area contributed by atoms with Gasteiger partial charge in [-0.25, -0.2) is 4.79 Å². The van der Waals surface area contributed by atoms with Crippen LogP contribution in [-0.4, -0.2) is 31.6 Å². The van der Waals surface area contributed by atoms with Crippen LogP contribution in [0.1, 0.15) is 22.3 Å². The predicted octanol–water partition coefficient (Wildman–Crippen LogP) is 1.32. The molecule has 1 N–H and O–H groups in total. The molecule has 0 bridgehead atoms. The molecule has 92 valence electrons. The summed E-state index contributed by atoms with van der Waals surface area (Å²) in [4.78, 5) is 21.7. The van der Waals surface area contributed by atoms with Crippen LogP contribution in [0.25, 0.3) is 0 Å². The van der Waals surface area contributed by atoms with Crippen molar-refractivity contribution in [2.45, 2.75) is 12.8 Å². The lowest BCUT2D eigenvalue weighted by atomic mass is 10.0. The third-order valence-corrected chi connectivity index (χ3v) is 2.33. The smallest absolute Gasteiger partial charge is 0.337 e. The van der Waals surface area contributed by atoms with Crippen molar-refractivity contribution in [1.29, 1.82) is 0 Å². The summed E-state index contributed by atoms with van der Waals surface area (Å²) >= 11 is 0. The average molecular weight is 238 g/mol. The van der Waals surface area contributed by atoms with Crippen molar-refractivity contribution < 1.29 is 24.2 Å². The monoisotopic (exact) mass is 238 g/mol. The lowest BCUT2D eigenvalue weighted by Gasteiger charge is -2.10. The van der Waals surface area contributed by atoms with Crippen molar-refractivity contribution in [2.24, 2.45) is 0 Å². The number of phenolic OH excluding ortho intramolecular Hbond substituents is 1. The summed E-state index contributed by atoms with van der Waals surface area (Å²) in [6.07, 6.45) is 1.36. The number of phenols is 1. The number of methoxy groups -OCH3 is 2. The van der Waals surface area contributed by atoms with Crippen LogP contribution >= 0.6 is 0 Å². The second-order valence-electron chi connectivity index (χ2n) is 3.38. The summed E-state index contributed by atoms with van der Waals surface area (Å²) < 4.78 is 9.54. The topological polar surface area (TPSA) is 72.8 Å². The zero-order valence-electron chi connectivity index (χ0n) is 9.73. The molecule has 0 aliphatic rings. The molecule has 5 heteroatoms. The molecule has 0 unspecified atom stereocenters. The Kier molecular flexibility index (Phi) is 4.51. The van der Waals surface area contributed by atoms with Crippen molar-refractivity contribution in [2.75, 3.05) is 14.2 Å². The van der Waals surface area contributed by atoms with E-state index in [2.05, 4.69) is 4.74 Å². The summed E-state index contributed by atoms with van der Waals surface area (Å²) in [5, 5.41) is 9.80. The maximum atomic E-state index is 11.4. The lowest BCUT2D eigenvalue weighted by Crippen LogP contribution is -2.03. The predicted molar refractivity (Wildman–Crippen MR) is 60.4 cm³/mol. The molecule has 0 radical (unpaired) electrons. The normalized spacial score (nSPS) is 9.76. The zero-order chi connectivity index (χ0) is 12.8. The fourth-order valence-corrected chi connectivity index (χ4v) is 1.46. The molecule has 0 amide bonds. The maximum absolute atomic E-state index is 11.4. The Bertz CT molecular complexity index is 425. The Balaban J connectivity index is 3.17. The molecule has 0 saturated heterocycles. The van der Waals surface area contributed by atoms with Crippen LogP contribution in [0.5, 0.6) is 11.5 Å². The summed E-state index contributed by atoms with van der Waals surface area (Å²) in [5.74, 6) is -0.383. The van der Waals surface area contributed by atoms with Gasteiger partial charge in [0.25, 0.3) is 0 Å². The van der Waals surface area contributed by atoms with E-state index in [1.54, 1.807) is 0 Å². The molecular weight excluding hydrogens is 224 g/mol. The number of carbonyl (C=O) groups excluding carboxylic acids is 2. The Morgan fingerprint density at radius 3 is 2.65 bits per heavy atom. The van der Waals surface area contributed by atoms with Crippen molar-refractivity contribution in [3.8, 4) is 11.5 Å². The average Bonchev–Trinajstić information content (AvgIpc) is 2.36. The van der Waals surface area contributed by atoms with Crippen LogP contribution in [-0.2, 0) is 16.0 Å². The molecule has 1 aromatic rings. The number of hydrogen-bond acceptors (Lipinski definition) is 5. The van der Waals surface area contributed by atoms with Crippen LogP contribution in [0.3, 0.4) is 0 Å². The second kappa shape index (κ2) is 5.89. The zero-order valence-corrected chi connectivity index (χ0v) is 9.73. The molecule has 0 fully saturated rings. The molecule has 0 atom stereocenters. The Hall–Kier alpha value is -2.04. The lowest BCUT2D eigenvalue weighted by molar-refractivity contribution is -0.107. The van der Waals surface area contributed by atoms with Gasteiger partial charge < -0.3 is 19.4 Å². The van der Waals surface area contributed by atoms with E-state index >= 15 is 0 Å². The Morgan fingerprint density at radius 1 is 1.41 bits per heavy atom. The van der Waals surface area contributed by atoms with E-state index in [1.165, 1.54) is 26.4 Å². The van der Waals surface area contributed by atoms with Crippen molar-refractivity contribution >= 4 is 12.3 Å². The number of ether oxygens (including phenoxy) is 2. The van der Waals surface area contributed by atoms with Gasteiger partial charge in [0, 0.05) is 6.42 Å². The summed E-state index contributed by atoms with van der Waals surface area (Å²) in [6.45, 7) is 0. The molecule has 17 heavy (non-hydrogen) atoms. The van der Waals surface area contributed by atoms with Gasteiger partial charge in [0.15, 0.2) is 11.5 Å². The van der Waals surface area contributed by atoms with Gasteiger partial charge >= 0.3 is 5.97 Å². The van der Waals surface area contributed by atoms with Gasteiger partial charge in [-0.3, -0.25) is 0 Å².